The average molecular weight is 371 g/mol. The molecule has 3 aliphatic heterocycles. The van der Waals surface area contributed by atoms with Crippen LogP contribution in [-0.2, 0) is 11.8 Å². The molecule has 0 N–H and O–H groups in total. The van der Waals surface area contributed by atoms with Crippen LogP contribution in [0, 0.1) is 5.92 Å². The molecule has 3 saturated heterocycles. The number of hydrogen-bond acceptors (Lipinski definition) is 4. The maximum absolute atomic E-state index is 13.4. The lowest BCUT2D eigenvalue weighted by molar-refractivity contribution is 0.0710. The third-order valence-corrected chi connectivity index (χ3v) is 6.17. The highest BCUT2D eigenvalue weighted by Gasteiger charge is 2.36. The molecule has 2 bridgehead atoms. The molecule has 27 heavy (non-hydrogen) atoms. The predicted molar refractivity (Wildman–Crippen MR) is 105 cm³/mol. The number of benzene rings is 1. The van der Waals surface area contributed by atoms with E-state index in [0.717, 1.165) is 55.1 Å². The molecule has 4 heterocycles. The zero-order valence-corrected chi connectivity index (χ0v) is 16.5. The van der Waals surface area contributed by atoms with Gasteiger partial charge in [0, 0.05) is 57.8 Å². The van der Waals surface area contributed by atoms with E-state index >= 15 is 0 Å². The monoisotopic (exact) mass is 371 g/mol. The lowest BCUT2D eigenvalue weighted by Gasteiger charge is -2.35. The quantitative estimate of drug-likeness (QED) is 0.810. The van der Waals surface area contributed by atoms with Gasteiger partial charge in [-0.05, 0) is 37.0 Å². The molecule has 146 valence electrons. The summed E-state index contributed by atoms with van der Waals surface area (Å²) < 4.78 is 12.6. The van der Waals surface area contributed by atoms with Gasteiger partial charge in [-0.1, -0.05) is 0 Å². The first-order valence-corrected chi connectivity index (χ1v) is 9.76. The van der Waals surface area contributed by atoms with E-state index in [2.05, 4.69) is 9.80 Å². The Kier molecular flexibility index (Phi) is 5.10. The third kappa shape index (κ3) is 3.44. The summed E-state index contributed by atoms with van der Waals surface area (Å²) in [6, 6.07) is 8.40. The van der Waals surface area contributed by atoms with E-state index in [1.54, 1.807) is 14.2 Å². The molecule has 3 aliphatic rings. The van der Waals surface area contributed by atoms with Crippen LogP contribution in [-0.4, -0.2) is 73.3 Å². The van der Waals surface area contributed by atoms with E-state index in [-0.39, 0.29) is 5.91 Å². The van der Waals surface area contributed by atoms with Gasteiger partial charge >= 0.3 is 0 Å². The van der Waals surface area contributed by atoms with Crippen molar-refractivity contribution < 1.29 is 14.3 Å². The van der Waals surface area contributed by atoms with Crippen molar-refractivity contribution in [1.82, 2.24) is 14.4 Å². The van der Waals surface area contributed by atoms with Crippen molar-refractivity contribution in [3.8, 4) is 5.75 Å². The van der Waals surface area contributed by atoms with Gasteiger partial charge in [0.1, 0.15) is 11.4 Å². The van der Waals surface area contributed by atoms with Crippen molar-refractivity contribution in [2.45, 2.75) is 18.9 Å². The fourth-order valence-corrected chi connectivity index (χ4v) is 4.63. The molecule has 2 atom stereocenters. The van der Waals surface area contributed by atoms with Crippen LogP contribution in [0.1, 0.15) is 23.3 Å². The van der Waals surface area contributed by atoms with Crippen LogP contribution in [0.25, 0.3) is 10.9 Å². The van der Waals surface area contributed by atoms with Crippen molar-refractivity contribution in [2.24, 2.45) is 13.0 Å². The summed E-state index contributed by atoms with van der Waals surface area (Å²) in [5.74, 6) is 1.50. The second-order valence-corrected chi connectivity index (χ2v) is 7.81. The first kappa shape index (κ1) is 18.3. The number of hydrogen-bond donors (Lipinski definition) is 0. The molecule has 6 nitrogen and oxygen atoms in total. The van der Waals surface area contributed by atoms with Gasteiger partial charge in [0.05, 0.1) is 19.2 Å². The topological polar surface area (TPSA) is 46.9 Å². The van der Waals surface area contributed by atoms with Gasteiger partial charge in [-0.2, -0.15) is 0 Å². The number of rotatable bonds is 5. The van der Waals surface area contributed by atoms with Gasteiger partial charge in [0.25, 0.3) is 5.91 Å². The summed E-state index contributed by atoms with van der Waals surface area (Å²) in [5, 5.41) is 1.07. The Morgan fingerprint density at radius 1 is 1.15 bits per heavy atom. The van der Waals surface area contributed by atoms with Gasteiger partial charge in [0.2, 0.25) is 0 Å². The van der Waals surface area contributed by atoms with Crippen LogP contribution < -0.4 is 4.74 Å². The molecule has 1 amide bonds. The molecule has 0 radical (unpaired) electrons. The summed E-state index contributed by atoms with van der Waals surface area (Å²) in [7, 11) is 5.38. The molecule has 3 fully saturated rings. The van der Waals surface area contributed by atoms with Crippen molar-refractivity contribution in [1.29, 1.82) is 0 Å². The van der Waals surface area contributed by atoms with Crippen LogP contribution in [0.2, 0.25) is 0 Å². The number of aromatic nitrogens is 1. The van der Waals surface area contributed by atoms with Crippen LogP contribution in [0.4, 0.5) is 0 Å². The number of carbonyl (C=O) groups is 1. The molecule has 0 aliphatic carbocycles. The number of piperidine rings is 1. The standard InChI is InChI=1S/C21H29N3O3/c1-22-19-11-18(27-3)7-5-16(19)10-20(22)21(25)24-13-15-4-6-17(14-24)23(12-15)8-9-26-2/h5,7,10-11,15,17H,4,6,8-9,12-14H2,1-3H3/t15-,17-/m1/s1. The van der Waals surface area contributed by atoms with Crippen LogP contribution >= 0.6 is 0 Å². The van der Waals surface area contributed by atoms with Gasteiger partial charge in [-0.3, -0.25) is 9.69 Å². The summed E-state index contributed by atoms with van der Waals surface area (Å²) in [5.41, 5.74) is 1.78. The van der Waals surface area contributed by atoms with E-state index in [1.807, 2.05) is 35.9 Å². The fourth-order valence-electron chi connectivity index (χ4n) is 4.63. The zero-order chi connectivity index (χ0) is 19.0. The summed E-state index contributed by atoms with van der Waals surface area (Å²) in [6.07, 6.45) is 2.38. The summed E-state index contributed by atoms with van der Waals surface area (Å²) in [6.45, 7) is 4.44. The Balaban J connectivity index is 1.58. The summed E-state index contributed by atoms with van der Waals surface area (Å²) >= 11 is 0. The van der Waals surface area contributed by atoms with Crippen LogP contribution in [0.5, 0.6) is 5.75 Å². The second-order valence-electron chi connectivity index (χ2n) is 7.81. The van der Waals surface area contributed by atoms with E-state index in [0.29, 0.717) is 12.0 Å². The minimum absolute atomic E-state index is 0.137. The molecule has 0 unspecified atom stereocenters. The fraction of sp³-hybridized carbons (Fsp3) is 0.571. The van der Waals surface area contributed by atoms with Crippen molar-refractivity contribution in [2.75, 3.05) is 47.0 Å². The first-order valence-electron chi connectivity index (χ1n) is 9.76. The molecule has 0 saturated carbocycles. The molecular weight excluding hydrogens is 342 g/mol. The van der Waals surface area contributed by atoms with E-state index in [4.69, 9.17) is 9.47 Å². The zero-order valence-electron chi connectivity index (χ0n) is 16.5. The highest BCUT2D eigenvalue weighted by molar-refractivity contribution is 5.99. The minimum atomic E-state index is 0.137. The molecular formula is C21H29N3O3. The Bertz CT molecular complexity index is 831. The third-order valence-electron chi connectivity index (χ3n) is 6.17. The maximum Gasteiger partial charge on any atom is 0.270 e. The molecule has 6 heteroatoms. The van der Waals surface area contributed by atoms with Gasteiger partial charge < -0.3 is 18.9 Å². The number of fused-ring (bicyclic) bond motifs is 5. The number of aryl methyl sites for hydroxylation is 1. The number of nitrogens with zero attached hydrogens (tertiary/aromatic N) is 3. The highest BCUT2D eigenvalue weighted by atomic mass is 16.5. The Morgan fingerprint density at radius 3 is 2.78 bits per heavy atom. The molecule has 5 rings (SSSR count). The Hall–Kier alpha value is -2.05. The van der Waals surface area contributed by atoms with E-state index in [1.165, 1.54) is 12.8 Å². The van der Waals surface area contributed by atoms with Crippen molar-refractivity contribution in [3.05, 3.63) is 30.0 Å². The number of ether oxygens (including phenoxy) is 2. The molecule has 1 aromatic carbocycles. The summed E-state index contributed by atoms with van der Waals surface area (Å²) in [4.78, 5) is 17.9. The maximum atomic E-state index is 13.4. The second kappa shape index (κ2) is 7.52. The normalized spacial score (nSPS) is 23.0. The lowest BCUT2D eigenvalue weighted by Crippen LogP contribution is -2.45. The van der Waals surface area contributed by atoms with Gasteiger partial charge in [-0.15, -0.1) is 0 Å². The highest BCUT2D eigenvalue weighted by Crippen LogP contribution is 2.30. The van der Waals surface area contributed by atoms with Gasteiger partial charge in [0.15, 0.2) is 0 Å². The van der Waals surface area contributed by atoms with Crippen molar-refractivity contribution in [3.63, 3.8) is 0 Å². The SMILES string of the molecule is COCCN1C[C@H]2CC[C@@H]1CN(C(=O)c1cc3ccc(OC)cc3n1C)C2. The van der Waals surface area contributed by atoms with E-state index in [9.17, 15) is 4.79 Å². The smallest absolute Gasteiger partial charge is 0.270 e. The van der Waals surface area contributed by atoms with Gasteiger partial charge in [-0.25, -0.2) is 0 Å². The number of amides is 1. The lowest BCUT2D eigenvalue weighted by atomic mass is 9.95. The van der Waals surface area contributed by atoms with Crippen LogP contribution in [0.15, 0.2) is 24.3 Å². The number of methoxy groups -OCH3 is 2. The minimum Gasteiger partial charge on any atom is -0.497 e. The molecule has 2 aromatic rings. The van der Waals surface area contributed by atoms with Crippen molar-refractivity contribution >= 4 is 16.8 Å². The molecule has 0 spiro atoms. The average Bonchev–Trinajstić information content (AvgIpc) is 2.84. The Morgan fingerprint density at radius 2 is 2.00 bits per heavy atom. The number of carbonyl (C=O) groups excluding carboxylic acids is 1. The first-order chi connectivity index (χ1) is 13.1. The van der Waals surface area contributed by atoms with E-state index < -0.39 is 0 Å². The van der Waals surface area contributed by atoms with Crippen LogP contribution in [0.3, 0.4) is 0 Å². The largest absolute Gasteiger partial charge is 0.497 e. The predicted octanol–water partition coefficient (Wildman–Crippen LogP) is 2.37. The Labute approximate surface area is 160 Å². The molecule has 1 aromatic heterocycles.